The van der Waals surface area contributed by atoms with Crippen molar-refractivity contribution in [3.63, 3.8) is 0 Å². The van der Waals surface area contributed by atoms with Crippen LogP contribution < -0.4 is 5.73 Å². The molecule has 3 rings (SSSR count). The number of nitrogens with zero attached hydrogens (tertiary/aromatic N) is 2. The van der Waals surface area contributed by atoms with E-state index in [1.807, 2.05) is 11.0 Å². The third-order valence-electron chi connectivity index (χ3n) is 5.53. The molecule has 1 unspecified atom stereocenters. The molecule has 2 heterocycles. The lowest BCUT2D eigenvalue weighted by Gasteiger charge is -2.37. The third kappa shape index (κ3) is 5.79. The molecule has 2 fully saturated rings. The van der Waals surface area contributed by atoms with Crippen LogP contribution in [-0.4, -0.2) is 67.2 Å². The van der Waals surface area contributed by atoms with Crippen LogP contribution in [0, 0.1) is 0 Å². The Morgan fingerprint density at radius 2 is 1.92 bits per heavy atom. The second-order valence-corrected chi connectivity index (χ2v) is 7.61. The molecular weight excluding hydrogens is 326 g/mol. The van der Waals surface area contributed by atoms with Gasteiger partial charge in [0.1, 0.15) is 6.10 Å². The molecule has 26 heavy (non-hydrogen) atoms. The first-order valence-corrected chi connectivity index (χ1v) is 10.1. The van der Waals surface area contributed by atoms with Crippen LogP contribution in [-0.2, 0) is 16.0 Å². The molecule has 0 saturated carbocycles. The Bertz CT molecular complexity index is 537. The van der Waals surface area contributed by atoms with Crippen LogP contribution in [0.4, 0.5) is 0 Å². The van der Waals surface area contributed by atoms with Crippen LogP contribution in [0.1, 0.15) is 37.7 Å². The lowest BCUT2D eigenvalue weighted by atomic mass is 10.0. The molecular formula is C21H33N3O2. The van der Waals surface area contributed by atoms with Crippen molar-refractivity contribution in [1.82, 2.24) is 9.80 Å². The Labute approximate surface area is 157 Å². The minimum absolute atomic E-state index is 0.189. The Morgan fingerprint density at radius 3 is 2.62 bits per heavy atom. The van der Waals surface area contributed by atoms with Gasteiger partial charge in [0.15, 0.2) is 0 Å². The summed E-state index contributed by atoms with van der Waals surface area (Å²) < 4.78 is 5.64. The highest BCUT2D eigenvalue weighted by Gasteiger charge is 2.29. The van der Waals surface area contributed by atoms with Crippen LogP contribution >= 0.6 is 0 Å². The number of hydrogen-bond acceptors (Lipinski definition) is 4. The molecule has 0 spiro atoms. The van der Waals surface area contributed by atoms with Crippen molar-refractivity contribution in [2.45, 2.75) is 50.7 Å². The van der Waals surface area contributed by atoms with Crippen molar-refractivity contribution in [2.75, 3.05) is 39.3 Å². The molecule has 1 aromatic carbocycles. The first-order chi connectivity index (χ1) is 12.7. The van der Waals surface area contributed by atoms with Crippen LogP contribution in [0.5, 0.6) is 0 Å². The summed E-state index contributed by atoms with van der Waals surface area (Å²) in [5.41, 5.74) is 7.60. The van der Waals surface area contributed by atoms with Crippen molar-refractivity contribution in [3.8, 4) is 0 Å². The standard InChI is InChI=1S/C21H33N3O2/c22-19(17-18-7-2-1-3-8-18)9-6-11-23-12-14-24(15-13-23)21(25)20-10-4-5-16-26-20/h1-3,7-8,19-20H,4-6,9-17,22H2/t19-,20?/m0/s1. The van der Waals surface area contributed by atoms with E-state index in [1.165, 1.54) is 5.56 Å². The molecule has 0 aliphatic carbocycles. The molecule has 2 saturated heterocycles. The van der Waals surface area contributed by atoms with E-state index in [4.69, 9.17) is 10.5 Å². The highest BCUT2D eigenvalue weighted by atomic mass is 16.5. The number of hydrogen-bond donors (Lipinski definition) is 1. The van der Waals surface area contributed by atoms with Gasteiger partial charge in [0.05, 0.1) is 0 Å². The Morgan fingerprint density at radius 1 is 1.15 bits per heavy atom. The zero-order chi connectivity index (χ0) is 18.2. The number of carbonyl (C=O) groups is 1. The molecule has 0 aromatic heterocycles. The van der Waals surface area contributed by atoms with Crippen molar-refractivity contribution in [1.29, 1.82) is 0 Å². The summed E-state index contributed by atoms with van der Waals surface area (Å²) in [5.74, 6) is 0.203. The molecule has 2 aliphatic heterocycles. The highest BCUT2D eigenvalue weighted by Crippen LogP contribution is 2.16. The summed E-state index contributed by atoms with van der Waals surface area (Å²) in [5, 5.41) is 0. The molecule has 2 aliphatic rings. The molecule has 5 nitrogen and oxygen atoms in total. The van der Waals surface area contributed by atoms with Crippen LogP contribution in [0.2, 0.25) is 0 Å². The van der Waals surface area contributed by atoms with Gasteiger partial charge < -0.3 is 15.4 Å². The molecule has 144 valence electrons. The first kappa shape index (κ1) is 19.3. The van der Waals surface area contributed by atoms with Crippen LogP contribution in [0.25, 0.3) is 0 Å². The fourth-order valence-corrected chi connectivity index (χ4v) is 3.93. The predicted molar refractivity (Wildman–Crippen MR) is 104 cm³/mol. The molecule has 2 N–H and O–H groups in total. The number of ether oxygens (including phenoxy) is 1. The summed E-state index contributed by atoms with van der Waals surface area (Å²) in [6.07, 6.45) is 6.01. The summed E-state index contributed by atoms with van der Waals surface area (Å²) in [6, 6.07) is 10.7. The zero-order valence-electron chi connectivity index (χ0n) is 15.8. The monoisotopic (exact) mass is 359 g/mol. The zero-order valence-corrected chi connectivity index (χ0v) is 15.8. The average Bonchev–Trinajstić information content (AvgIpc) is 2.69. The van der Waals surface area contributed by atoms with Gasteiger partial charge in [-0.3, -0.25) is 9.69 Å². The fourth-order valence-electron chi connectivity index (χ4n) is 3.93. The normalized spacial score (nSPS) is 23.0. The first-order valence-electron chi connectivity index (χ1n) is 10.1. The molecule has 1 amide bonds. The van der Waals surface area contributed by atoms with Gasteiger partial charge in [0.25, 0.3) is 5.91 Å². The minimum Gasteiger partial charge on any atom is -0.368 e. The number of benzene rings is 1. The smallest absolute Gasteiger partial charge is 0.251 e. The van der Waals surface area contributed by atoms with Gasteiger partial charge >= 0.3 is 0 Å². The summed E-state index contributed by atoms with van der Waals surface area (Å²) in [7, 11) is 0. The molecule has 0 radical (unpaired) electrons. The quantitative estimate of drug-likeness (QED) is 0.809. The number of amides is 1. The van der Waals surface area contributed by atoms with Gasteiger partial charge in [-0.05, 0) is 50.6 Å². The molecule has 2 atom stereocenters. The van der Waals surface area contributed by atoms with Gasteiger partial charge in [-0.25, -0.2) is 0 Å². The van der Waals surface area contributed by atoms with Crippen molar-refractivity contribution >= 4 is 5.91 Å². The lowest BCUT2D eigenvalue weighted by Crippen LogP contribution is -2.52. The van der Waals surface area contributed by atoms with E-state index in [9.17, 15) is 4.79 Å². The van der Waals surface area contributed by atoms with Crippen molar-refractivity contribution in [3.05, 3.63) is 35.9 Å². The molecule has 0 bridgehead atoms. The minimum atomic E-state index is -0.189. The molecule has 5 heteroatoms. The summed E-state index contributed by atoms with van der Waals surface area (Å²) in [6.45, 7) is 5.40. The van der Waals surface area contributed by atoms with Gasteiger partial charge in [0, 0.05) is 38.8 Å². The number of carbonyl (C=O) groups excluding carboxylic acids is 1. The maximum absolute atomic E-state index is 12.5. The van der Waals surface area contributed by atoms with E-state index in [0.29, 0.717) is 0 Å². The lowest BCUT2D eigenvalue weighted by molar-refractivity contribution is -0.148. The number of piperazine rings is 1. The van der Waals surface area contributed by atoms with Crippen LogP contribution in [0.3, 0.4) is 0 Å². The highest BCUT2D eigenvalue weighted by molar-refractivity contribution is 5.81. The second kappa shape index (κ2) is 10.0. The van der Waals surface area contributed by atoms with E-state index < -0.39 is 0 Å². The van der Waals surface area contributed by atoms with E-state index in [0.717, 1.165) is 77.9 Å². The maximum Gasteiger partial charge on any atom is 0.251 e. The second-order valence-electron chi connectivity index (χ2n) is 7.61. The van der Waals surface area contributed by atoms with E-state index in [1.54, 1.807) is 0 Å². The van der Waals surface area contributed by atoms with Gasteiger partial charge in [-0.1, -0.05) is 30.3 Å². The van der Waals surface area contributed by atoms with E-state index >= 15 is 0 Å². The van der Waals surface area contributed by atoms with E-state index in [2.05, 4.69) is 29.2 Å². The average molecular weight is 360 g/mol. The largest absolute Gasteiger partial charge is 0.368 e. The number of nitrogens with two attached hydrogens (primary N) is 1. The Balaban J connectivity index is 1.31. The topological polar surface area (TPSA) is 58.8 Å². The Kier molecular flexibility index (Phi) is 7.47. The van der Waals surface area contributed by atoms with Gasteiger partial charge in [0.2, 0.25) is 0 Å². The summed E-state index contributed by atoms with van der Waals surface area (Å²) in [4.78, 5) is 17.0. The summed E-state index contributed by atoms with van der Waals surface area (Å²) >= 11 is 0. The maximum atomic E-state index is 12.5. The van der Waals surface area contributed by atoms with Crippen LogP contribution in [0.15, 0.2) is 30.3 Å². The predicted octanol–water partition coefficient (Wildman–Crippen LogP) is 2.05. The molecule has 1 aromatic rings. The van der Waals surface area contributed by atoms with Gasteiger partial charge in [-0.15, -0.1) is 0 Å². The Hall–Kier alpha value is -1.43. The van der Waals surface area contributed by atoms with Crippen molar-refractivity contribution in [2.24, 2.45) is 5.73 Å². The fraction of sp³-hybridized carbons (Fsp3) is 0.667. The van der Waals surface area contributed by atoms with E-state index in [-0.39, 0.29) is 18.1 Å². The van der Waals surface area contributed by atoms with Gasteiger partial charge in [-0.2, -0.15) is 0 Å². The van der Waals surface area contributed by atoms with Crippen molar-refractivity contribution < 1.29 is 9.53 Å². The third-order valence-corrected chi connectivity index (χ3v) is 5.53. The number of rotatable bonds is 7. The SMILES string of the molecule is N[C@@H](CCCN1CCN(C(=O)C2CCCCO2)CC1)Cc1ccccc1.